The molecule has 6 heteroatoms. The number of aliphatic hydroxyl groups excluding tert-OH is 1. The summed E-state index contributed by atoms with van der Waals surface area (Å²) < 4.78 is 0. The molecule has 0 aromatic rings. The smallest absolute Gasteiger partial charge is 0.208 e. The Balaban J connectivity index is 2.35. The van der Waals surface area contributed by atoms with Crippen LogP contribution in [-0.2, 0) is 0 Å². The standard InChI is InChI=1S/C8H19N5O/c1-10-8(11-9)13-4-2-12(3-5-13)6-7-14/h14H,2-7,9H2,1H3,(H,10,11). The summed E-state index contributed by atoms with van der Waals surface area (Å²) in [6, 6.07) is 0. The molecule has 0 bridgehead atoms. The van der Waals surface area contributed by atoms with Crippen molar-refractivity contribution >= 4 is 5.96 Å². The normalized spacial score (nSPS) is 19.9. The van der Waals surface area contributed by atoms with Gasteiger partial charge in [0.15, 0.2) is 0 Å². The van der Waals surface area contributed by atoms with E-state index in [1.165, 1.54) is 0 Å². The average molecular weight is 201 g/mol. The lowest BCUT2D eigenvalue weighted by Crippen LogP contribution is -2.54. The number of hydrazine groups is 1. The van der Waals surface area contributed by atoms with E-state index in [0.717, 1.165) is 38.7 Å². The van der Waals surface area contributed by atoms with Gasteiger partial charge >= 0.3 is 0 Å². The fraction of sp³-hybridized carbons (Fsp3) is 0.875. The number of nitrogens with zero attached hydrogens (tertiary/aromatic N) is 3. The van der Waals surface area contributed by atoms with Gasteiger partial charge < -0.3 is 10.0 Å². The Morgan fingerprint density at radius 2 is 2.07 bits per heavy atom. The molecule has 1 aliphatic rings. The van der Waals surface area contributed by atoms with Crippen molar-refractivity contribution in [3.63, 3.8) is 0 Å². The SMILES string of the molecule is CN=C(NN)N1CCN(CCO)CC1. The third-order valence-electron chi connectivity index (χ3n) is 2.43. The molecule has 0 spiro atoms. The Bertz CT molecular complexity index is 188. The van der Waals surface area contributed by atoms with Crippen LogP contribution in [0.25, 0.3) is 0 Å². The Morgan fingerprint density at radius 1 is 1.43 bits per heavy atom. The number of nitrogens with two attached hydrogens (primary N) is 1. The molecule has 0 aromatic heterocycles. The van der Waals surface area contributed by atoms with Crippen molar-refractivity contribution in [2.75, 3.05) is 46.4 Å². The van der Waals surface area contributed by atoms with Gasteiger partial charge in [-0.1, -0.05) is 0 Å². The number of nitrogens with one attached hydrogen (secondary N) is 1. The van der Waals surface area contributed by atoms with Crippen LogP contribution < -0.4 is 11.3 Å². The van der Waals surface area contributed by atoms with Crippen molar-refractivity contribution in [1.29, 1.82) is 0 Å². The molecule has 1 aliphatic heterocycles. The number of piperazine rings is 1. The predicted molar refractivity (Wildman–Crippen MR) is 55.8 cm³/mol. The third-order valence-corrected chi connectivity index (χ3v) is 2.43. The lowest BCUT2D eigenvalue weighted by Gasteiger charge is -2.35. The van der Waals surface area contributed by atoms with Gasteiger partial charge in [-0.25, -0.2) is 5.84 Å². The van der Waals surface area contributed by atoms with Gasteiger partial charge in [0, 0.05) is 39.8 Å². The summed E-state index contributed by atoms with van der Waals surface area (Å²) in [5.41, 5.74) is 2.58. The van der Waals surface area contributed by atoms with Crippen molar-refractivity contribution in [2.45, 2.75) is 0 Å². The van der Waals surface area contributed by atoms with Crippen LogP contribution in [0.1, 0.15) is 0 Å². The zero-order valence-electron chi connectivity index (χ0n) is 8.61. The second-order valence-corrected chi connectivity index (χ2v) is 3.24. The van der Waals surface area contributed by atoms with E-state index in [9.17, 15) is 0 Å². The van der Waals surface area contributed by atoms with E-state index in [2.05, 4.69) is 20.2 Å². The van der Waals surface area contributed by atoms with Crippen LogP contribution in [0.5, 0.6) is 0 Å². The number of β-amino-alcohol motifs (C(OH)–C–C–N with tert-alkyl or cyclic N) is 1. The number of rotatable bonds is 2. The van der Waals surface area contributed by atoms with E-state index < -0.39 is 0 Å². The molecular formula is C8H19N5O. The molecule has 6 nitrogen and oxygen atoms in total. The number of hydrogen-bond acceptors (Lipinski definition) is 4. The fourth-order valence-corrected chi connectivity index (χ4v) is 1.62. The lowest BCUT2D eigenvalue weighted by molar-refractivity contribution is 0.145. The maximum atomic E-state index is 8.77. The second kappa shape index (κ2) is 5.79. The summed E-state index contributed by atoms with van der Waals surface area (Å²) in [7, 11) is 1.72. The van der Waals surface area contributed by atoms with Gasteiger partial charge in [0.2, 0.25) is 5.96 Å². The Morgan fingerprint density at radius 3 is 2.50 bits per heavy atom. The largest absolute Gasteiger partial charge is 0.395 e. The number of aliphatic hydroxyl groups is 1. The van der Waals surface area contributed by atoms with Crippen LogP contribution in [0.2, 0.25) is 0 Å². The molecule has 1 fully saturated rings. The summed E-state index contributed by atoms with van der Waals surface area (Å²) in [6.07, 6.45) is 0. The van der Waals surface area contributed by atoms with Gasteiger partial charge in [-0.3, -0.25) is 15.3 Å². The molecule has 0 saturated carbocycles. The zero-order chi connectivity index (χ0) is 10.4. The molecule has 1 heterocycles. The van der Waals surface area contributed by atoms with Gasteiger partial charge in [-0.2, -0.15) is 0 Å². The van der Waals surface area contributed by atoms with Crippen LogP contribution >= 0.6 is 0 Å². The molecule has 0 radical (unpaired) electrons. The monoisotopic (exact) mass is 201 g/mol. The first kappa shape index (κ1) is 11.2. The molecule has 0 aliphatic carbocycles. The van der Waals surface area contributed by atoms with Gasteiger partial charge in [0.25, 0.3) is 0 Å². The molecular weight excluding hydrogens is 182 g/mol. The topological polar surface area (TPSA) is 77.1 Å². The maximum Gasteiger partial charge on any atom is 0.208 e. The van der Waals surface area contributed by atoms with Gasteiger partial charge in [0.05, 0.1) is 6.61 Å². The summed E-state index contributed by atoms with van der Waals surface area (Å²) in [6.45, 7) is 4.67. The van der Waals surface area contributed by atoms with E-state index >= 15 is 0 Å². The highest BCUT2D eigenvalue weighted by atomic mass is 16.3. The fourth-order valence-electron chi connectivity index (χ4n) is 1.62. The van der Waals surface area contributed by atoms with E-state index in [4.69, 9.17) is 10.9 Å². The van der Waals surface area contributed by atoms with Crippen LogP contribution in [-0.4, -0.2) is 67.2 Å². The molecule has 0 atom stereocenters. The molecule has 0 unspecified atom stereocenters. The van der Waals surface area contributed by atoms with E-state index in [1.54, 1.807) is 7.05 Å². The summed E-state index contributed by atoms with van der Waals surface area (Å²) in [5, 5.41) is 8.77. The highest BCUT2D eigenvalue weighted by Gasteiger charge is 2.18. The predicted octanol–water partition coefficient (Wildman–Crippen LogP) is -1.95. The lowest BCUT2D eigenvalue weighted by atomic mass is 10.3. The molecule has 0 amide bonds. The highest BCUT2D eigenvalue weighted by Crippen LogP contribution is 2.00. The summed E-state index contributed by atoms with van der Waals surface area (Å²) in [5.74, 6) is 6.06. The molecule has 1 saturated heterocycles. The molecule has 14 heavy (non-hydrogen) atoms. The molecule has 82 valence electrons. The highest BCUT2D eigenvalue weighted by molar-refractivity contribution is 5.79. The second-order valence-electron chi connectivity index (χ2n) is 3.24. The van der Waals surface area contributed by atoms with E-state index in [-0.39, 0.29) is 6.61 Å². The van der Waals surface area contributed by atoms with Gasteiger partial charge in [-0.05, 0) is 0 Å². The minimum absolute atomic E-state index is 0.226. The van der Waals surface area contributed by atoms with E-state index in [1.807, 2.05) is 0 Å². The molecule has 1 rings (SSSR count). The van der Waals surface area contributed by atoms with Crippen molar-refractivity contribution in [3.8, 4) is 0 Å². The Labute approximate surface area is 84.4 Å². The first-order valence-corrected chi connectivity index (χ1v) is 4.83. The van der Waals surface area contributed by atoms with Crippen molar-refractivity contribution in [2.24, 2.45) is 10.8 Å². The first-order valence-electron chi connectivity index (χ1n) is 4.83. The van der Waals surface area contributed by atoms with E-state index in [0.29, 0.717) is 0 Å². The third kappa shape index (κ3) is 2.83. The van der Waals surface area contributed by atoms with Gasteiger partial charge in [0.1, 0.15) is 0 Å². The number of hydrogen-bond donors (Lipinski definition) is 3. The summed E-state index contributed by atoms with van der Waals surface area (Å²) in [4.78, 5) is 8.37. The Kier molecular flexibility index (Phi) is 4.64. The zero-order valence-corrected chi connectivity index (χ0v) is 8.61. The minimum Gasteiger partial charge on any atom is -0.395 e. The number of aliphatic imine (C=N–C) groups is 1. The van der Waals surface area contributed by atoms with Crippen LogP contribution in [0, 0.1) is 0 Å². The maximum absolute atomic E-state index is 8.77. The quantitative estimate of drug-likeness (QED) is 0.209. The Hall–Kier alpha value is -0.850. The summed E-state index contributed by atoms with van der Waals surface area (Å²) >= 11 is 0. The first-order chi connectivity index (χ1) is 6.81. The van der Waals surface area contributed by atoms with Crippen molar-refractivity contribution in [3.05, 3.63) is 0 Å². The average Bonchev–Trinajstić information content (AvgIpc) is 2.23. The molecule has 4 N–H and O–H groups in total. The van der Waals surface area contributed by atoms with Crippen molar-refractivity contribution in [1.82, 2.24) is 15.2 Å². The minimum atomic E-state index is 0.226. The van der Waals surface area contributed by atoms with Crippen LogP contribution in [0.15, 0.2) is 4.99 Å². The number of guanidine groups is 1. The van der Waals surface area contributed by atoms with Crippen LogP contribution in [0.3, 0.4) is 0 Å². The van der Waals surface area contributed by atoms with Crippen molar-refractivity contribution < 1.29 is 5.11 Å². The van der Waals surface area contributed by atoms with Crippen LogP contribution in [0.4, 0.5) is 0 Å². The molecule has 0 aromatic carbocycles. The van der Waals surface area contributed by atoms with Gasteiger partial charge in [-0.15, -0.1) is 0 Å².